The highest BCUT2D eigenvalue weighted by Gasteiger charge is 2.35. The summed E-state index contributed by atoms with van der Waals surface area (Å²) < 4.78 is 0. The van der Waals surface area contributed by atoms with Gasteiger partial charge in [0.1, 0.15) is 0 Å². The summed E-state index contributed by atoms with van der Waals surface area (Å²) in [5.74, 6) is 0. The average Bonchev–Trinajstić information content (AvgIpc) is 2.44. The number of H-pyrrole nitrogens is 1. The molecule has 3 heterocycles. The fourth-order valence-electron chi connectivity index (χ4n) is 2.55. The fraction of sp³-hybridized carbons (Fsp3) is 0.455. The van der Waals surface area contributed by atoms with E-state index in [1.807, 2.05) is 6.20 Å². The summed E-state index contributed by atoms with van der Waals surface area (Å²) in [4.78, 5) is 4.51. The Balaban J connectivity index is 2.38. The van der Waals surface area contributed by atoms with Gasteiger partial charge >= 0.3 is 0 Å². The minimum absolute atomic E-state index is 0.345. The molecule has 2 bridgehead atoms. The second-order valence-corrected chi connectivity index (χ2v) is 4.64. The number of aromatic nitrogens is 2. The number of aromatic amines is 1. The van der Waals surface area contributed by atoms with Gasteiger partial charge in [0.05, 0.1) is 6.20 Å². The maximum Gasteiger partial charge on any atom is 0.155 e. The van der Waals surface area contributed by atoms with Gasteiger partial charge in [0, 0.05) is 10.9 Å². The summed E-state index contributed by atoms with van der Waals surface area (Å²) in [6.07, 6.45) is 6.49. The highest BCUT2D eigenvalue weighted by molar-refractivity contribution is 5.55. The standard InChI is InChI=1S/C11H13N3/c1-7-3-11(2)4-8(5-11)9-6-12-14-10(9)13-7/h3,6H,4-5H2,1-2H3,(H,13,14). The molecule has 1 aromatic rings. The molecule has 3 heteroatoms. The monoisotopic (exact) mass is 187 g/mol. The Morgan fingerprint density at radius 3 is 3.00 bits per heavy atom. The van der Waals surface area contributed by atoms with Gasteiger partial charge in [-0.2, -0.15) is 5.10 Å². The van der Waals surface area contributed by atoms with Crippen LogP contribution in [0.15, 0.2) is 23.0 Å². The van der Waals surface area contributed by atoms with Gasteiger partial charge in [-0.1, -0.05) is 18.6 Å². The largest absolute Gasteiger partial charge is 0.261 e. The van der Waals surface area contributed by atoms with Crippen molar-refractivity contribution >= 4 is 5.57 Å². The van der Waals surface area contributed by atoms with E-state index in [0.717, 1.165) is 24.0 Å². The first-order chi connectivity index (χ1) is 6.66. The summed E-state index contributed by atoms with van der Waals surface area (Å²) >= 11 is 0. The first-order valence-electron chi connectivity index (χ1n) is 4.96. The molecule has 3 aliphatic rings. The van der Waals surface area contributed by atoms with Crippen molar-refractivity contribution in [3.05, 3.63) is 28.7 Å². The van der Waals surface area contributed by atoms with Gasteiger partial charge in [-0.15, -0.1) is 0 Å². The quantitative estimate of drug-likeness (QED) is 0.644. The van der Waals surface area contributed by atoms with Gasteiger partial charge in [0.15, 0.2) is 5.49 Å². The van der Waals surface area contributed by atoms with Gasteiger partial charge in [-0.25, -0.2) is 4.99 Å². The summed E-state index contributed by atoms with van der Waals surface area (Å²) in [6.45, 7) is 4.35. The molecule has 0 aromatic carbocycles. The predicted octanol–water partition coefficient (Wildman–Crippen LogP) is 0.897. The lowest BCUT2D eigenvalue weighted by atomic mass is 9.66. The molecule has 72 valence electrons. The van der Waals surface area contributed by atoms with E-state index in [9.17, 15) is 0 Å². The first-order valence-corrected chi connectivity index (χ1v) is 4.96. The number of hydrogen-bond donors (Lipinski definition) is 1. The SMILES string of the molecule is CC1=CC2(C)CC(=c3cn[nH]c3=N1)C2. The molecule has 1 fully saturated rings. The summed E-state index contributed by atoms with van der Waals surface area (Å²) in [5, 5.41) is 8.22. The normalized spacial score (nSPS) is 29.3. The minimum Gasteiger partial charge on any atom is -0.261 e. The second kappa shape index (κ2) is 2.35. The molecule has 3 nitrogen and oxygen atoms in total. The van der Waals surface area contributed by atoms with E-state index in [4.69, 9.17) is 0 Å². The van der Waals surface area contributed by atoms with Crippen molar-refractivity contribution in [2.45, 2.75) is 26.7 Å². The Morgan fingerprint density at radius 1 is 1.43 bits per heavy atom. The highest BCUT2D eigenvalue weighted by atomic mass is 15.1. The van der Waals surface area contributed by atoms with E-state index in [1.54, 1.807) is 0 Å². The van der Waals surface area contributed by atoms with Crippen LogP contribution in [0.2, 0.25) is 0 Å². The molecule has 1 saturated carbocycles. The molecule has 2 aliphatic heterocycles. The maximum atomic E-state index is 4.51. The molecule has 0 radical (unpaired) electrons. The van der Waals surface area contributed by atoms with Crippen molar-refractivity contribution in [3.8, 4) is 0 Å². The van der Waals surface area contributed by atoms with Crippen LogP contribution in [0.3, 0.4) is 0 Å². The van der Waals surface area contributed by atoms with E-state index < -0.39 is 0 Å². The third kappa shape index (κ3) is 0.983. The van der Waals surface area contributed by atoms with Crippen LogP contribution in [0.25, 0.3) is 5.57 Å². The lowest BCUT2D eigenvalue weighted by Crippen LogP contribution is -2.36. The van der Waals surface area contributed by atoms with Crippen molar-refractivity contribution in [1.29, 1.82) is 0 Å². The van der Waals surface area contributed by atoms with E-state index in [0.29, 0.717) is 5.41 Å². The predicted molar refractivity (Wildman–Crippen MR) is 53.9 cm³/mol. The number of allylic oxidation sites excluding steroid dienone is 2. The Kier molecular flexibility index (Phi) is 1.34. The lowest BCUT2D eigenvalue weighted by Gasteiger charge is -2.39. The van der Waals surface area contributed by atoms with Crippen molar-refractivity contribution in [2.24, 2.45) is 10.4 Å². The van der Waals surface area contributed by atoms with Crippen LogP contribution in [0.5, 0.6) is 0 Å². The molecule has 1 N–H and O–H groups in total. The maximum absolute atomic E-state index is 4.51. The number of nitrogens with one attached hydrogen (secondary N) is 1. The molecular weight excluding hydrogens is 174 g/mol. The van der Waals surface area contributed by atoms with Crippen LogP contribution >= 0.6 is 0 Å². The molecule has 0 spiro atoms. The number of fused-ring (bicyclic) bond motifs is 1. The minimum atomic E-state index is 0.345. The second-order valence-electron chi connectivity index (χ2n) is 4.64. The molecular formula is C11H13N3. The Morgan fingerprint density at radius 2 is 2.21 bits per heavy atom. The molecule has 0 saturated heterocycles. The molecule has 0 atom stereocenters. The summed E-state index contributed by atoms with van der Waals surface area (Å²) in [6, 6.07) is 0. The Bertz CT molecular complexity index is 525. The smallest absolute Gasteiger partial charge is 0.155 e. The Hall–Kier alpha value is -1.38. The van der Waals surface area contributed by atoms with Crippen LogP contribution < -0.4 is 10.7 Å². The van der Waals surface area contributed by atoms with Crippen molar-refractivity contribution < 1.29 is 0 Å². The zero-order valence-electron chi connectivity index (χ0n) is 8.46. The molecule has 14 heavy (non-hydrogen) atoms. The van der Waals surface area contributed by atoms with E-state index >= 15 is 0 Å². The number of nitrogens with zero attached hydrogens (tertiary/aromatic N) is 2. The molecule has 1 aliphatic carbocycles. The van der Waals surface area contributed by atoms with E-state index in [-0.39, 0.29) is 0 Å². The van der Waals surface area contributed by atoms with Gasteiger partial charge in [-0.3, -0.25) is 5.10 Å². The first kappa shape index (κ1) is 7.97. The van der Waals surface area contributed by atoms with E-state index in [1.165, 1.54) is 10.8 Å². The molecule has 1 aromatic heterocycles. The van der Waals surface area contributed by atoms with Crippen LogP contribution in [0, 0.1) is 5.41 Å². The van der Waals surface area contributed by atoms with Gasteiger partial charge in [-0.05, 0) is 25.2 Å². The number of rotatable bonds is 0. The van der Waals surface area contributed by atoms with Crippen LogP contribution in [0.4, 0.5) is 0 Å². The summed E-state index contributed by atoms with van der Waals surface area (Å²) in [7, 11) is 0. The average molecular weight is 187 g/mol. The summed E-state index contributed by atoms with van der Waals surface area (Å²) in [5.41, 5.74) is 3.86. The van der Waals surface area contributed by atoms with Crippen LogP contribution in [-0.2, 0) is 0 Å². The zero-order valence-corrected chi connectivity index (χ0v) is 8.46. The van der Waals surface area contributed by atoms with Crippen molar-refractivity contribution in [2.75, 3.05) is 0 Å². The molecule has 4 rings (SSSR count). The van der Waals surface area contributed by atoms with Gasteiger partial charge in [0.2, 0.25) is 0 Å². The Labute approximate surface area is 82.3 Å². The third-order valence-corrected chi connectivity index (χ3v) is 3.08. The fourth-order valence-corrected chi connectivity index (χ4v) is 2.55. The van der Waals surface area contributed by atoms with Crippen LogP contribution in [0.1, 0.15) is 26.7 Å². The van der Waals surface area contributed by atoms with Gasteiger partial charge in [0.25, 0.3) is 0 Å². The molecule has 0 unspecified atom stereocenters. The highest BCUT2D eigenvalue weighted by Crippen LogP contribution is 2.47. The van der Waals surface area contributed by atoms with Gasteiger partial charge < -0.3 is 0 Å². The zero-order chi connectivity index (χ0) is 9.76. The lowest BCUT2D eigenvalue weighted by molar-refractivity contribution is 0.368. The van der Waals surface area contributed by atoms with Crippen molar-refractivity contribution in [3.63, 3.8) is 0 Å². The van der Waals surface area contributed by atoms with Crippen molar-refractivity contribution in [1.82, 2.24) is 10.2 Å². The third-order valence-electron chi connectivity index (χ3n) is 3.08. The topological polar surface area (TPSA) is 41.0 Å². The number of hydrogen-bond acceptors (Lipinski definition) is 2. The molecule has 0 amide bonds. The van der Waals surface area contributed by atoms with E-state index in [2.05, 4.69) is 35.1 Å². The van der Waals surface area contributed by atoms with Crippen LogP contribution in [-0.4, -0.2) is 10.2 Å².